The summed E-state index contributed by atoms with van der Waals surface area (Å²) in [5, 5.41) is 1.37. The number of rotatable bonds is 2. The van der Waals surface area contributed by atoms with Crippen molar-refractivity contribution in [3.05, 3.63) is 35.5 Å². The molecule has 0 radical (unpaired) electrons. The summed E-state index contributed by atoms with van der Waals surface area (Å²) in [4.78, 5) is 11.4. The van der Waals surface area contributed by atoms with Gasteiger partial charge in [0.2, 0.25) is 0 Å². The summed E-state index contributed by atoms with van der Waals surface area (Å²) >= 11 is 0. The number of para-hydroxylation sites is 1. The molecule has 0 spiro atoms. The topological polar surface area (TPSA) is 25.5 Å². The molecule has 22 heavy (non-hydrogen) atoms. The van der Waals surface area contributed by atoms with Crippen molar-refractivity contribution in [2.24, 2.45) is 0 Å². The third kappa shape index (κ3) is 2.56. The smallest absolute Gasteiger partial charge is 0.0459 e. The van der Waals surface area contributed by atoms with Gasteiger partial charge in [0.05, 0.1) is 0 Å². The second kappa shape index (κ2) is 5.69. The molecule has 0 bridgehead atoms. The molecule has 0 amide bonds. The summed E-state index contributed by atoms with van der Waals surface area (Å²) in [6.45, 7) is 10.6. The van der Waals surface area contributed by atoms with E-state index < -0.39 is 0 Å². The Balaban J connectivity index is 1.49. The average molecular weight is 298 g/mol. The van der Waals surface area contributed by atoms with Crippen LogP contribution in [0.1, 0.15) is 11.3 Å². The van der Waals surface area contributed by atoms with Crippen molar-refractivity contribution in [3.63, 3.8) is 0 Å². The molecule has 1 aromatic carbocycles. The number of benzene rings is 1. The maximum atomic E-state index is 3.63. The highest BCUT2D eigenvalue weighted by molar-refractivity contribution is 5.84. The molecule has 0 unspecified atom stereocenters. The van der Waals surface area contributed by atoms with Crippen LogP contribution in [0.15, 0.2) is 24.3 Å². The van der Waals surface area contributed by atoms with E-state index in [0.717, 1.165) is 6.54 Å². The fourth-order valence-electron chi connectivity index (χ4n) is 4.04. The minimum absolute atomic E-state index is 0.706. The van der Waals surface area contributed by atoms with Crippen molar-refractivity contribution >= 4 is 10.9 Å². The Morgan fingerprint density at radius 2 is 1.91 bits per heavy atom. The molecule has 3 heterocycles. The van der Waals surface area contributed by atoms with Gasteiger partial charge in [-0.05, 0) is 25.6 Å². The number of hydrogen-bond donors (Lipinski definition) is 1. The van der Waals surface area contributed by atoms with Crippen LogP contribution in [0.3, 0.4) is 0 Å². The van der Waals surface area contributed by atoms with Gasteiger partial charge < -0.3 is 9.88 Å². The van der Waals surface area contributed by atoms with Gasteiger partial charge in [0, 0.05) is 68.5 Å². The predicted molar refractivity (Wildman–Crippen MR) is 91.2 cm³/mol. The Bertz CT molecular complexity index is 662. The number of fused-ring (bicyclic) bond motifs is 2. The quantitative estimate of drug-likeness (QED) is 0.917. The largest absolute Gasteiger partial charge is 0.357 e. The van der Waals surface area contributed by atoms with Gasteiger partial charge in [0.25, 0.3) is 0 Å². The maximum absolute atomic E-state index is 3.63. The van der Waals surface area contributed by atoms with E-state index in [9.17, 15) is 0 Å². The number of aryl methyl sites for hydroxylation is 1. The Kier molecular flexibility index (Phi) is 3.68. The molecule has 2 saturated heterocycles. The van der Waals surface area contributed by atoms with E-state index in [-0.39, 0.29) is 0 Å². The highest BCUT2D eigenvalue weighted by Crippen LogP contribution is 2.23. The van der Waals surface area contributed by atoms with E-state index in [4.69, 9.17) is 0 Å². The first-order chi connectivity index (χ1) is 10.7. The molecule has 2 aromatic rings. The Morgan fingerprint density at radius 1 is 1.09 bits per heavy atom. The summed E-state index contributed by atoms with van der Waals surface area (Å²) < 4.78 is 0. The molecule has 4 heteroatoms. The van der Waals surface area contributed by atoms with Crippen molar-refractivity contribution in [1.82, 2.24) is 19.7 Å². The summed E-state index contributed by atoms with van der Waals surface area (Å²) in [5.74, 6) is 0. The van der Waals surface area contributed by atoms with E-state index >= 15 is 0 Å². The third-order valence-corrected chi connectivity index (χ3v) is 5.43. The van der Waals surface area contributed by atoms with Crippen LogP contribution in [0.25, 0.3) is 10.9 Å². The molecule has 1 N–H and O–H groups in total. The van der Waals surface area contributed by atoms with Crippen LogP contribution in [0.2, 0.25) is 0 Å². The molecule has 4 rings (SSSR count). The number of aromatic amines is 1. The SMILES string of the molecule is Cc1c(CN2CCN3CCN(C)C[C@H]3C2)[nH]c2ccccc12. The molecule has 0 saturated carbocycles. The molecule has 2 aliphatic rings. The first kappa shape index (κ1) is 14.2. The number of H-pyrrole nitrogens is 1. The normalized spacial score (nSPS) is 24.7. The fourth-order valence-corrected chi connectivity index (χ4v) is 4.04. The van der Waals surface area contributed by atoms with Gasteiger partial charge in [-0.1, -0.05) is 18.2 Å². The molecule has 2 aliphatic heterocycles. The lowest BCUT2D eigenvalue weighted by atomic mass is 10.1. The summed E-state index contributed by atoms with van der Waals surface area (Å²) in [6.07, 6.45) is 0. The summed E-state index contributed by atoms with van der Waals surface area (Å²) in [7, 11) is 2.25. The van der Waals surface area contributed by atoms with Crippen LogP contribution in [0.4, 0.5) is 0 Å². The van der Waals surface area contributed by atoms with E-state index in [1.807, 2.05) is 0 Å². The zero-order valence-electron chi connectivity index (χ0n) is 13.7. The van der Waals surface area contributed by atoms with E-state index in [2.05, 4.69) is 57.9 Å². The van der Waals surface area contributed by atoms with Crippen molar-refractivity contribution in [3.8, 4) is 0 Å². The molecular formula is C18H26N4. The number of likely N-dealkylation sites (N-methyl/N-ethyl adjacent to an activating group) is 1. The van der Waals surface area contributed by atoms with Gasteiger partial charge in [-0.3, -0.25) is 9.80 Å². The number of nitrogens with one attached hydrogen (secondary N) is 1. The summed E-state index contributed by atoms with van der Waals surface area (Å²) in [6, 6.07) is 9.35. The molecule has 1 aromatic heterocycles. The molecule has 1 atom stereocenters. The van der Waals surface area contributed by atoms with Crippen molar-refractivity contribution < 1.29 is 0 Å². The Hall–Kier alpha value is -1.36. The zero-order chi connectivity index (χ0) is 15.1. The third-order valence-electron chi connectivity index (χ3n) is 5.43. The average Bonchev–Trinajstić information content (AvgIpc) is 2.84. The second-order valence-electron chi connectivity index (χ2n) is 6.96. The first-order valence-corrected chi connectivity index (χ1v) is 8.42. The summed E-state index contributed by atoms with van der Waals surface area (Å²) in [5.41, 5.74) is 4.07. The minimum atomic E-state index is 0.706. The molecular weight excluding hydrogens is 272 g/mol. The van der Waals surface area contributed by atoms with Gasteiger partial charge in [0.15, 0.2) is 0 Å². The van der Waals surface area contributed by atoms with Crippen LogP contribution in [-0.2, 0) is 6.54 Å². The van der Waals surface area contributed by atoms with Gasteiger partial charge in [-0.2, -0.15) is 0 Å². The van der Waals surface area contributed by atoms with Crippen molar-refractivity contribution in [1.29, 1.82) is 0 Å². The van der Waals surface area contributed by atoms with E-state index in [1.165, 1.54) is 61.4 Å². The highest BCUT2D eigenvalue weighted by Gasteiger charge is 2.31. The number of piperazine rings is 2. The van der Waals surface area contributed by atoms with E-state index in [1.54, 1.807) is 0 Å². The van der Waals surface area contributed by atoms with Gasteiger partial charge in [-0.15, -0.1) is 0 Å². The molecule has 0 aliphatic carbocycles. The van der Waals surface area contributed by atoms with E-state index in [0.29, 0.717) is 6.04 Å². The highest BCUT2D eigenvalue weighted by atomic mass is 15.3. The minimum Gasteiger partial charge on any atom is -0.357 e. The second-order valence-corrected chi connectivity index (χ2v) is 6.96. The van der Waals surface area contributed by atoms with Crippen LogP contribution < -0.4 is 0 Å². The van der Waals surface area contributed by atoms with Gasteiger partial charge in [0.1, 0.15) is 0 Å². The molecule has 4 nitrogen and oxygen atoms in total. The fraction of sp³-hybridized carbons (Fsp3) is 0.556. The maximum Gasteiger partial charge on any atom is 0.0459 e. The zero-order valence-corrected chi connectivity index (χ0v) is 13.7. The first-order valence-electron chi connectivity index (χ1n) is 8.42. The lowest BCUT2D eigenvalue weighted by Gasteiger charge is -2.46. The Labute approximate surface area is 132 Å². The van der Waals surface area contributed by atoms with Gasteiger partial charge in [-0.25, -0.2) is 0 Å². The van der Waals surface area contributed by atoms with Crippen LogP contribution in [0, 0.1) is 6.92 Å². The monoisotopic (exact) mass is 298 g/mol. The van der Waals surface area contributed by atoms with Crippen molar-refractivity contribution in [2.45, 2.75) is 19.5 Å². The standard InChI is InChI=1S/C18H26N4/c1-14-16-5-3-4-6-17(16)19-18(14)13-21-8-10-22-9-7-20(2)11-15(22)12-21/h3-6,15,19H,7-13H2,1-2H3/t15-/m0/s1. The molecule has 2 fully saturated rings. The number of hydrogen-bond acceptors (Lipinski definition) is 3. The van der Waals surface area contributed by atoms with Crippen LogP contribution in [0.5, 0.6) is 0 Å². The predicted octanol–water partition coefficient (Wildman–Crippen LogP) is 1.91. The van der Waals surface area contributed by atoms with Crippen LogP contribution in [-0.4, -0.2) is 72.0 Å². The van der Waals surface area contributed by atoms with Crippen LogP contribution >= 0.6 is 0 Å². The number of aromatic nitrogens is 1. The lowest BCUT2D eigenvalue weighted by molar-refractivity contribution is 0.0171. The number of nitrogens with zero attached hydrogens (tertiary/aromatic N) is 3. The lowest BCUT2D eigenvalue weighted by Crippen LogP contribution is -2.61. The Morgan fingerprint density at radius 3 is 2.77 bits per heavy atom. The molecule has 118 valence electrons. The van der Waals surface area contributed by atoms with Gasteiger partial charge >= 0.3 is 0 Å². The van der Waals surface area contributed by atoms with Crippen molar-refractivity contribution in [2.75, 3.05) is 46.3 Å².